The topological polar surface area (TPSA) is 87.8 Å². The predicted octanol–water partition coefficient (Wildman–Crippen LogP) is 3.10. The van der Waals surface area contributed by atoms with Crippen molar-refractivity contribution >= 4 is 29.3 Å². The summed E-state index contributed by atoms with van der Waals surface area (Å²) < 4.78 is 7.02. The summed E-state index contributed by atoms with van der Waals surface area (Å²) in [5, 5.41) is 21.7. The number of phenolic OH excluding ortho intramolecular Hbond substituents is 1. The molecule has 29 heavy (non-hydrogen) atoms. The molecule has 7 nitrogen and oxygen atoms in total. The number of aromatic hydroxyl groups is 1. The molecule has 2 aromatic heterocycles. The number of hydrogen-bond acceptors (Lipinski definition) is 6. The van der Waals surface area contributed by atoms with Crippen molar-refractivity contribution in [2.75, 3.05) is 20.7 Å². The van der Waals surface area contributed by atoms with Gasteiger partial charge >= 0.3 is 5.97 Å². The molecule has 0 radical (unpaired) electrons. The lowest BCUT2D eigenvalue weighted by atomic mass is 9.96. The minimum atomic E-state index is -0.509. The Bertz CT molecular complexity index is 1020. The molecule has 0 atom stereocenters. The Morgan fingerprint density at radius 1 is 1.34 bits per heavy atom. The molecule has 0 saturated carbocycles. The lowest BCUT2D eigenvalue weighted by Gasteiger charge is -2.17. The van der Waals surface area contributed by atoms with Crippen molar-refractivity contribution in [1.29, 1.82) is 0 Å². The number of benzene rings is 1. The summed E-state index contributed by atoms with van der Waals surface area (Å²) >= 11 is 0. The molecule has 3 aromatic rings. The fourth-order valence-corrected chi connectivity index (χ4v) is 3.53. The molecule has 0 aliphatic rings. The maximum Gasteiger partial charge on any atom is 0.340 e. The van der Waals surface area contributed by atoms with Crippen LogP contribution in [0.4, 0.5) is 0 Å². The number of aliphatic hydroxyl groups is 1. The summed E-state index contributed by atoms with van der Waals surface area (Å²) in [5.74, 6) is -0.416. The molecule has 3 rings (SSSR count). The highest BCUT2D eigenvalue weighted by Crippen LogP contribution is 2.41. The number of aliphatic hydroxyl groups excluding tert-OH is 1. The van der Waals surface area contributed by atoms with Crippen LogP contribution in [0.15, 0.2) is 30.6 Å². The first-order chi connectivity index (χ1) is 13.4. The maximum atomic E-state index is 12.7. The number of aromatic nitrogens is 2. The zero-order valence-corrected chi connectivity index (χ0v) is 17.8. The van der Waals surface area contributed by atoms with E-state index in [2.05, 4.69) is 4.98 Å². The number of rotatable bonds is 6. The van der Waals surface area contributed by atoms with Crippen LogP contribution in [0.3, 0.4) is 0 Å². The maximum absolute atomic E-state index is 12.7. The van der Waals surface area contributed by atoms with Crippen molar-refractivity contribution < 1.29 is 19.7 Å². The summed E-state index contributed by atoms with van der Waals surface area (Å²) in [5.41, 5.74) is 3.49. The number of phenols is 1. The van der Waals surface area contributed by atoms with Crippen LogP contribution in [0.1, 0.15) is 28.5 Å². The number of nitrogens with zero attached hydrogens (tertiary/aromatic N) is 3. The molecule has 0 spiro atoms. The van der Waals surface area contributed by atoms with Gasteiger partial charge in [-0.3, -0.25) is 4.98 Å². The molecule has 1 aromatic carbocycles. The highest BCUT2D eigenvalue weighted by atomic mass is 35.5. The van der Waals surface area contributed by atoms with Crippen molar-refractivity contribution in [2.24, 2.45) is 7.05 Å². The van der Waals surface area contributed by atoms with Gasteiger partial charge in [-0.2, -0.15) is 0 Å². The van der Waals surface area contributed by atoms with E-state index >= 15 is 0 Å². The quantitative estimate of drug-likeness (QED) is 0.597. The van der Waals surface area contributed by atoms with Gasteiger partial charge in [-0.05, 0) is 33.2 Å². The average Bonchev–Trinajstić information content (AvgIpc) is 2.96. The van der Waals surface area contributed by atoms with E-state index in [1.165, 1.54) is 0 Å². The molecule has 156 valence electrons. The summed E-state index contributed by atoms with van der Waals surface area (Å²) in [6.45, 7) is 2.06. The lowest BCUT2D eigenvalue weighted by molar-refractivity contribution is 0.0524. The van der Waals surface area contributed by atoms with Gasteiger partial charge in [0.05, 0.1) is 30.0 Å². The van der Waals surface area contributed by atoms with Crippen LogP contribution in [0.5, 0.6) is 5.75 Å². The third kappa shape index (κ3) is 4.07. The largest absolute Gasteiger partial charge is 0.507 e. The van der Waals surface area contributed by atoms with Gasteiger partial charge in [-0.1, -0.05) is 6.07 Å². The van der Waals surface area contributed by atoms with E-state index in [1.54, 1.807) is 37.0 Å². The SMILES string of the molecule is CCOC(=O)c1c(CO)n(C)c2cc(-c3cccnc3)c(O)c(CN(C)C)c12.Cl. The van der Waals surface area contributed by atoms with Crippen LogP contribution in [-0.2, 0) is 24.9 Å². The molecule has 0 unspecified atom stereocenters. The Kier molecular flexibility index (Phi) is 7.24. The van der Waals surface area contributed by atoms with E-state index < -0.39 is 5.97 Å². The summed E-state index contributed by atoms with van der Waals surface area (Å²) in [6, 6.07) is 5.50. The second kappa shape index (κ2) is 9.26. The van der Waals surface area contributed by atoms with E-state index in [9.17, 15) is 15.0 Å². The predicted molar refractivity (Wildman–Crippen MR) is 114 cm³/mol. The van der Waals surface area contributed by atoms with Crippen LogP contribution in [0.25, 0.3) is 22.0 Å². The summed E-state index contributed by atoms with van der Waals surface area (Å²) in [6.07, 6.45) is 3.35. The molecule has 8 heteroatoms. The van der Waals surface area contributed by atoms with Gasteiger partial charge in [0.2, 0.25) is 0 Å². The van der Waals surface area contributed by atoms with Gasteiger partial charge in [0, 0.05) is 48.1 Å². The van der Waals surface area contributed by atoms with E-state index in [0.717, 1.165) is 11.1 Å². The zero-order valence-electron chi connectivity index (χ0n) is 17.0. The molecular weight excluding hydrogens is 394 g/mol. The molecule has 2 N–H and O–H groups in total. The minimum Gasteiger partial charge on any atom is -0.507 e. The Morgan fingerprint density at radius 3 is 2.62 bits per heavy atom. The molecule has 0 bridgehead atoms. The fraction of sp³-hybridized carbons (Fsp3) is 0.333. The smallest absolute Gasteiger partial charge is 0.340 e. The first-order valence-electron chi connectivity index (χ1n) is 9.09. The number of carbonyl (C=O) groups excluding carboxylic acids is 1. The number of halogens is 1. The van der Waals surface area contributed by atoms with Crippen LogP contribution >= 0.6 is 12.4 Å². The van der Waals surface area contributed by atoms with Gasteiger partial charge < -0.3 is 24.4 Å². The number of aryl methyl sites for hydroxylation is 1. The molecule has 0 amide bonds. The first kappa shape index (κ1) is 22.7. The van der Waals surface area contributed by atoms with E-state index in [0.29, 0.717) is 34.3 Å². The standard InChI is InChI=1S/C21H25N3O4.ClH/c1-5-28-21(27)19-17(12-25)24(4)16-9-14(13-7-6-8-22-10-13)20(26)15(18(16)19)11-23(2)3;/h6-10,25-26H,5,11-12H2,1-4H3;1H. The van der Waals surface area contributed by atoms with Gasteiger partial charge in [0.25, 0.3) is 0 Å². The van der Waals surface area contributed by atoms with Crippen LogP contribution in [0.2, 0.25) is 0 Å². The molecular formula is C21H26ClN3O4. The van der Waals surface area contributed by atoms with Crippen molar-refractivity contribution in [1.82, 2.24) is 14.5 Å². The first-order valence-corrected chi connectivity index (χ1v) is 9.09. The number of esters is 1. The highest BCUT2D eigenvalue weighted by Gasteiger charge is 2.27. The van der Waals surface area contributed by atoms with Crippen molar-refractivity contribution in [3.8, 4) is 16.9 Å². The summed E-state index contributed by atoms with van der Waals surface area (Å²) in [4.78, 5) is 18.8. The Balaban J connectivity index is 0.00000300. The molecule has 0 aliphatic carbocycles. The number of ether oxygens (including phenoxy) is 1. The zero-order chi connectivity index (χ0) is 20.4. The summed E-state index contributed by atoms with van der Waals surface area (Å²) in [7, 11) is 5.57. The highest BCUT2D eigenvalue weighted by molar-refractivity contribution is 6.09. The van der Waals surface area contributed by atoms with Crippen molar-refractivity contribution in [2.45, 2.75) is 20.1 Å². The van der Waals surface area contributed by atoms with Crippen molar-refractivity contribution in [3.05, 3.63) is 47.4 Å². The van der Waals surface area contributed by atoms with Gasteiger partial charge in [-0.25, -0.2) is 4.79 Å². The molecule has 0 saturated heterocycles. The molecule has 0 fully saturated rings. The third-order valence-corrected chi connectivity index (χ3v) is 4.76. The van der Waals surface area contributed by atoms with E-state index in [4.69, 9.17) is 4.74 Å². The van der Waals surface area contributed by atoms with Gasteiger partial charge in [0.15, 0.2) is 0 Å². The second-order valence-corrected chi connectivity index (χ2v) is 6.88. The van der Waals surface area contributed by atoms with Crippen LogP contribution in [-0.4, -0.2) is 51.3 Å². The Morgan fingerprint density at radius 2 is 2.07 bits per heavy atom. The Labute approximate surface area is 176 Å². The fourth-order valence-electron chi connectivity index (χ4n) is 3.53. The van der Waals surface area contributed by atoms with E-state index in [1.807, 2.05) is 31.1 Å². The Hall–Kier alpha value is -2.61. The van der Waals surface area contributed by atoms with Gasteiger partial charge in [-0.15, -0.1) is 12.4 Å². The normalized spacial score (nSPS) is 11.0. The second-order valence-electron chi connectivity index (χ2n) is 6.88. The molecule has 2 heterocycles. The number of fused-ring (bicyclic) bond motifs is 1. The van der Waals surface area contributed by atoms with Crippen LogP contribution < -0.4 is 0 Å². The number of hydrogen-bond donors (Lipinski definition) is 2. The third-order valence-electron chi connectivity index (χ3n) is 4.76. The number of carbonyl (C=O) groups is 1. The van der Waals surface area contributed by atoms with Crippen molar-refractivity contribution in [3.63, 3.8) is 0 Å². The molecule has 0 aliphatic heterocycles. The monoisotopic (exact) mass is 419 g/mol. The van der Waals surface area contributed by atoms with E-state index in [-0.39, 0.29) is 31.4 Å². The lowest BCUT2D eigenvalue weighted by Crippen LogP contribution is -2.13. The average molecular weight is 420 g/mol. The minimum absolute atomic E-state index is 0. The van der Waals surface area contributed by atoms with Crippen LogP contribution in [0, 0.1) is 0 Å². The number of pyridine rings is 1. The van der Waals surface area contributed by atoms with Gasteiger partial charge in [0.1, 0.15) is 5.75 Å².